The fourth-order valence-corrected chi connectivity index (χ4v) is 4.18. The Balaban J connectivity index is 1.93. The molecule has 0 bridgehead atoms. The zero-order chi connectivity index (χ0) is 14.8. The van der Waals surface area contributed by atoms with Crippen LogP contribution in [0, 0.1) is 5.92 Å². The minimum absolute atomic E-state index is 0.623. The van der Waals surface area contributed by atoms with Gasteiger partial charge in [-0.25, -0.2) is 8.42 Å². The molecule has 1 aliphatic carbocycles. The highest BCUT2D eigenvalue weighted by Crippen LogP contribution is 2.33. The molecule has 20 heavy (non-hydrogen) atoms. The van der Waals surface area contributed by atoms with Gasteiger partial charge < -0.3 is 0 Å². The summed E-state index contributed by atoms with van der Waals surface area (Å²) in [6.07, 6.45) is 12.1. The van der Waals surface area contributed by atoms with Crippen LogP contribution in [-0.4, -0.2) is 43.5 Å². The van der Waals surface area contributed by atoms with Crippen molar-refractivity contribution in [1.82, 2.24) is 4.90 Å². The van der Waals surface area contributed by atoms with E-state index in [2.05, 4.69) is 4.90 Å². The molecule has 0 aromatic carbocycles. The van der Waals surface area contributed by atoms with Crippen molar-refractivity contribution in [3.8, 4) is 0 Å². The Bertz CT molecular complexity index is 410. The summed E-state index contributed by atoms with van der Waals surface area (Å²) in [6, 6.07) is 0.624. The average Bonchev–Trinajstić information content (AvgIpc) is 2.76. The highest BCUT2D eigenvalue weighted by molar-refractivity contribution is 7.92. The predicted octanol–water partition coefficient (Wildman–Crippen LogP) is 3.24. The summed E-state index contributed by atoms with van der Waals surface area (Å²) in [6.45, 7) is 5.52. The van der Waals surface area contributed by atoms with Gasteiger partial charge >= 0.3 is 0 Å². The zero-order valence-corrected chi connectivity index (χ0v) is 14.2. The number of rotatable bonds is 5. The van der Waals surface area contributed by atoms with Gasteiger partial charge in [-0.3, -0.25) is 4.90 Å². The van der Waals surface area contributed by atoms with Gasteiger partial charge in [0.05, 0.1) is 4.75 Å². The van der Waals surface area contributed by atoms with Gasteiger partial charge in [0.2, 0.25) is 0 Å². The average molecular weight is 301 g/mol. The normalized spacial score (nSPS) is 27.1. The van der Waals surface area contributed by atoms with Gasteiger partial charge in [-0.05, 0) is 45.6 Å². The van der Waals surface area contributed by atoms with E-state index in [0.29, 0.717) is 12.6 Å². The second kappa shape index (κ2) is 6.35. The van der Waals surface area contributed by atoms with E-state index >= 15 is 0 Å². The van der Waals surface area contributed by atoms with E-state index in [4.69, 9.17) is 0 Å². The fraction of sp³-hybridized carbons (Fsp3) is 1.00. The molecule has 0 aromatic rings. The summed E-state index contributed by atoms with van der Waals surface area (Å²) in [5.41, 5.74) is 0. The molecule has 0 N–H and O–H groups in total. The predicted molar refractivity (Wildman–Crippen MR) is 84.7 cm³/mol. The highest BCUT2D eigenvalue weighted by atomic mass is 32.2. The summed E-state index contributed by atoms with van der Waals surface area (Å²) < 4.78 is 23.2. The second-order valence-corrected chi connectivity index (χ2v) is 10.2. The Morgan fingerprint density at radius 3 is 2.30 bits per heavy atom. The van der Waals surface area contributed by atoms with E-state index in [1.165, 1.54) is 57.6 Å². The summed E-state index contributed by atoms with van der Waals surface area (Å²) in [7, 11) is -2.99. The maximum absolute atomic E-state index is 11.9. The Morgan fingerprint density at radius 1 is 1.05 bits per heavy atom. The molecule has 2 fully saturated rings. The molecule has 1 saturated heterocycles. The number of hydrogen-bond donors (Lipinski definition) is 0. The summed E-state index contributed by atoms with van der Waals surface area (Å²) in [5.74, 6) is 0.885. The number of likely N-dealkylation sites (tertiary alicyclic amines) is 1. The molecule has 0 aromatic heterocycles. The maximum Gasteiger partial charge on any atom is 0.153 e. The Morgan fingerprint density at radius 2 is 1.70 bits per heavy atom. The standard InChI is InChI=1S/C16H31NO2S/c1-16(2,20(3,18)19)13-17-11-7-10-15(17)12-14-8-5-4-6-9-14/h14-15H,4-13H2,1-3H3/t15-/m1/s1. The first-order chi connectivity index (χ1) is 9.29. The van der Waals surface area contributed by atoms with Crippen LogP contribution in [0.25, 0.3) is 0 Å². The first-order valence-electron chi connectivity index (χ1n) is 8.23. The maximum atomic E-state index is 11.9. The molecule has 0 amide bonds. The third-order valence-electron chi connectivity index (χ3n) is 5.42. The van der Waals surface area contributed by atoms with Gasteiger partial charge in [0, 0.05) is 18.8 Å². The molecular formula is C16H31NO2S. The van der Waals surface area contributed by atoms with Crippen molar-refractivity contribution in [2.24, 2.45) is 5.92 Å². The molecule has 0 unspecified atom stereocenters. The Labute approximate surface area is 125 Å². The van der Waals surface area contributed by atoms with Gasteiger partial charge in [-0.2, -0.15) is 0 Å². The summed E-state index contributed by atoms with van der Waals surface area (Å²) in [4.78, 5) is 2.45. The molecule has 1 saturated carbocycles. The van der Waals surface area contributed by atoms with E-state index < -0.39 is 14.6 Å². The molecular weight excluding hydrogens is 270 g/mol. The van der Waals surface area contributed by atoms with Crippen LogP contribution in [-0.2, 0) is 9.84 Å². The largest absolute Gasteiger partial charge is 0.299 e. The highest BCUT2D eigenvalue weighted by Gasteiger charge is 2.36. The zero-order valence-electron chi connectivity index (χ0n) is 13.4. The van der Waals surface area contributed by atoms with E-state index in [9.17, 15) is 8.42 Å². The Kier molecular flexibility index (Phi) is 5.17. The van der Waals surface area contributed by atoms with Crippen LogP contribution in [0.5, 0.6) is 0 Å². The van der Waals surface area contributed by atoms with E-state index in [1.54, 1.807) is 0 Å². The van der Waals surface area contributed by atoms with Gasteiger partial charge in [-0.15, -0.1) is 0 Å². The van der Waals surface area contributed by atoms with Crippen LogP contribution in [0.4, 0.5) is 0 Å². The molecule has 3 nitrogen and oxygen atoms in total. The third-order valence-corrected chi connectivity index (χ3v) is 7.55. The van der Waals surface area contributed by atoms with Crippen molar-refractivity contribution in [1.29, 1.82) is 0 Å². The third kappa shape index (κ3) is 3.97. The lowest BCUT2D eigenvalue weighted by Crippen LogP contribution is -2.46. The molecule has 2 aliphatic rings. The van der Waals surface area contributed by atoms with Crippen molar-refractivity contribution in [2.45, 2.75) is 76.0 Å². The minimum atomic E-state index is -2.99. The number of nitrogens with zero attached hydrogens (tertiary/aromatic N) is 1. The SMILES string of the molecule is CC(C)(CN1CCC[C@@H]1CC1CCCCC1)S(C)(=O)=O. The van der Waals surface area contributed by atoms with Gasteiger partial charge in [0.25, 0.3) is 0 Å². The van der Waals surface area contributed by atoms with E-state index in [1.807, 2.05) is 13.8 Å². The van der Waals surface area contributed by atoms with Gasteiger partial charge in [-0.1, -0.05) is 32.1 Å². The fourth-order valence-electron chi connectivity index (χ4n) is 3.78. The lowest BCUT2D eigenvalue weighted by atomic mass is 9.84. The molecule has 4 heteroatoms. The molecule has 1 atom stereocenters. The molecule has 0 radical (unpaired) electrons. The number of hydrogen-bond acceptors (Lipinski definition) is 3. The van der Waals surface area contributed by atoms with Crippen molar-refractivity contribution in [2.75, 3.05) is 19.3 Å². The van der Waals surface area contributed by atoms with Crippen LogP contribution >= 0.6 is 0 Å². The minimum Gasteiger partial charge on any atom is -0.299 e. The van der Waals surface area contributed by atoms with Gasteiger partial charge in [0.15, 0.2) is 9.84 Å². The summed E-state index contributed by atoms with van der Waals surface area (Å²) >= 11 is 0. The smallest absolute Gasteiger partial charge is 0.153 e. The van der Waals surface area contributed by atoms with Crippen LogP contribution in [0.15, 0.2) is 0 Å². The quantitative estimate of drug-likeness (QED) is 0.782. The van der Waals surface area contributed by atoms with E-state index in [0.717, 1.165) is 12.5 Å². The lowest BCUT2D eigenvalue weighted by molar-refractivity contribution is 0.187. The van der Waals surface area contributed by atoms with E-state index in [-0.39, 0.29) is 0 Å². The van der Waals surface area contributed by atoms with Crippen LogP contribution in [0.1, 0.15) is 65.2 Å². The first kappa shape index (κ1) is 16.3. The van der Waals surface area contributed by atoms with Crippen molar-refractivity contribution in [3.05, 3.63) is 0 Å². The molecule has 0 spiro atoms. The topological polar surface area (TPSA) is 37.4 Å². The monoisotopic (exact) mass is 301 g/mol. The van der Waals surface area contributed by atoms with Gasteiger partial charge in [0.1, 0.15) is 0 Å². The van der Waals surface area contributed by atoms with Crippen LogP contribution in [0.2, 0.25) is 0 Å². The second-order valence-electron chi connectivity index (χ2n) is 7.54. The van der Waals surface area contributed by atoms with Crippen molar-refractivity contribution in [3.63, 3.8) is 0 Å². The molecule has 118 valence electrons. The van der Waals surface area contributed by atoms with Crippen molar-refractivity contribution < 1.29 is 8.42 Å². The van der Waals surface area contributed by atoms with Crippen LogP contribution in [0.3, 0.4) is 0 Å². The van der Waals surface area contributed by atoms with Crippen LogP contribution < -0.4 is 0 Å². The van der Waals surface area contributed by atoms with Crippen molar-refractivity contribution >= 4 is 9.84 Å². The Hall–Kier alpha value is -0.0900. The summed E-state index contributed by atoms with van der Waals surface area (Å²) in [5, 5.41) is 0. The number of sulfone groups is 1. The lowest BCUT2D eigenvalue weighted by Gasteiger charge is -2.34. The molecule has 1 aliphatic heterocycles. The first-order valence-corrected chi connectivity index (χ1v) is 10.1. The molecule has 1 heterocycles. The molecule has 2 rings (SSSR count).